The average molecular weight is 311 g/mol. The third-order valence-corrected chi connectivity index (χ3v) is 5.27. The van der Waals surface area contributed by atoms with Gasteiger partial charge in [-0.3, -0.25) is 0 Å². The molecule has 21 heavy (non-hydrogen) atoms. The lowest BCUT2D eigenvalue weighted by Gasteiger charge is -2.25. The number of hydrogen-bond acceptors (Lipinski definition) is 5. The summed E-state index contributed by atoms with van der Waals surface area (Å²) in [6, 6.07) is 3.48. The number of ether oxygens (including phenoxy) is 2. The quantitative estimate of drug-likeness (QED) is 0.914. The summed E-state index contributed by atoms with van der Waals surface area (Å²) in [7, 11) is -3.27. The Bertz CT molecular complexity index is 621. The molecule has 0 aliphatic carbocycles. The summed E-state index contributed by atoms with van der Waals surface area (Å²) in [6.07, 6.45) is 4.19. The summed E-state index contributed by atoms with van der Waals surface area (Å²) < 4.78 is 35.2. The summed E-state index contributed by atoms with van der Waals surface area (Å²) in [5.74, 6) is 1.72. The van der Waals surface area contributed by atoms with Crippen LogP contribution >= 0.6 is 0 Å². The van der Waals surface area contributed by atoms with E-state index in [1.165, 1.54) is 6.26 Å². The van der Waals surface area contributed by atoms with Crippen molar-refractivity contribution < 1.29 is 17.9 Å². The molecule has 1 saturated heterocycles. The van der Waals surface area contributed by atoms with Crippen LogP contribution in [0.3, 0.4) is 0 Å². The Kier molecular flexibility index (Phi) is 4.08. The Hall–Kier alpha value is -1.27. The average Bonchev–Trinajstić information content (AvgIpc) is 2.46. The van der Waals surface area contributed by atoms with Crippen LogP contribution in [0.25, 0.3) is 0 Å². The summed E-state index contributed by atoms with van der Waals surface area (Å²) in [5.41, 5.74) is 0.855. The van der Waals surface area contributed by atoms with E-state index >= 15 is 0 Å². The summed E-state index contributed by atoms with van der Waals surface area (Å²) in [5, 5.41) is 3.33. The molecule has 0 radical (unpaired) electrons. The molecule has 0 unspecified atom stereocenters. The predicted octanol–water partition coefficient (Wildman–Crippen LogP) is 1.40. The molecule has 1 aromatic carbocycles. The highest BCUT2D eigenvalue weighted by Crippen LogP contribution is 2.36. The van der Waals surface area contributed by atoms with Crippen LogP contribution in [0.1, 0.15) is 18.4 Å². The van der Waals surface area contributed by atoms with Gasteiger partial charge in [0.15, 0.2) is 21.3 Å². The number of hydrogen-bond donors (Lipinski definition) is 1. The van der Waals surface area contributed by atoms with Gasteiger partial charge in [-0.2, -0.15) is 0 Å². The molecule has 116 valence electrons. The first-order valence-corrected chi connectivity index (χ1v) is 9.26. The van der Waals surface area contributed by atoms with Crippen molar-refractivity contribution in [2.75, 3.05) is 32.6 Å². The predicted molar refractivity (Wildman–Crippen MR) is 79.8 cm³/mol. The van der Waals surface area contributed by atoms with Crippen molar-refractivity contribution >= 4 is 9.84 Å². The smallest absolute Gasteiger partial charge is 0.175 e. The molecule has 1 N–H and O–H groups in total. The van der Waals surface area contributed by atoms with E-state index in [1.807, 2.05) is 6.07 Å². The number of nitrogens with one attached hydrogen (secondary N) is 1. The highest BCUT2D eigenvalue weighted by Gasteiger charge is 2.23. The molecule has 1 aromatic rings. The first-order valence-electron chi connectivity index (χ1n) is 7.37. The molecular weight excluding hydrogens is 290 g/mol. The molecule has 3 rings (SSSR count). The molecular formula is C15H21NO4S. The minimum Gasteiger partial charge on any atom is -0.486 e. The lowest BCUT2D eigenvalue weighted by atomic mass is 9.91. The Morgan fingerprint density at radius 3 is 2.38 bits per heavy atom. The first kappa shape index (κ1) is 14.7. The van der Waals surface area contributed by atoms with Crippen molar-refractivity contribution in [2.45, 2.75) is 24.2 Å². The van der Waals surface area contributed by atoms with Crippen LogP contribution in [0, 0.1) is 5.92 Å². The van der Waals surface area contributed by atoms with Crippen LogP contribution < -0.4 is 14.8 Å². The molecule has 6 heteroatoms. The van der Waals surface area contributed by atoms with Crippen LogP contribution in [-0.4, -0.2) is 41.0 Å². The molecule has 0 amide bonds. The molecule has 2 heterocycles. The maximum atomic E-state index is 12.1. The number of rotatable bonds is 3. The third kappa shape index (κ3) is 3.32. The maximum absolute atomic E-state index is 12.1. The lowest BCUT2D eigenvalue weighted by molar-refractivity contribution is 0.170. The second-order valence-electron chi connectivity index (χ2n) is 5.77. The van der Waals surface area contributed by atoms with Crippen LogP contribution in [0.2, 0.25) is 0 Å². The number of piperidine rings is 1. The van der Waals surface area contributed by atoms with E-state index in [1.54, 1.807) is 6.07 Å². The lowest BCUT2D eigenvalue weighted by Crippen LogP contribution is -2.29. The fourth-order valence-corrected chi connectivity index (χ4v) is 3.95. The van der Waals surface area contributed by atoms with Crippen LogP contribution in [0.15, 0.2) is 17.0 Å². The molecule has 0 aromatic heterocycles. The molecule has 0 atom stereocenters. The Morgan fingerprint density at radius 1 is 1.14 bits per heavy atom. The second kappa shape index (κ2) is 5.85. The zero-order valence-corrected chi connectivity index (χ0v) is 13.0. The SMILES string of the molecule is CS(=O)(=O)c1cc2c(cc1CC1CCNCC1)OCCO2. The Labute approximate surface area is 125 Å². The van der Waals surface area contributed by atoms with Crippen LogP contribution in [-0.2, 0) is 16.3 Å². The van der Waals surface area contributed by atoms with E-state index in [0.717, 1.165) is 37.9 Å². The Balaban J connectivity index is 1.96. The van der Waals surface area contributed by atoms with Gasteiger partial charge in [0.1, 0.15) is 13.2 Å². The van der Waals surface area contributed by atoms with E-state index in [-0.39, 0.29) is 0 Å². The molecule has 0 bridgehead atoms. The van der Waals surface area contributed by atoms with E-state index in [2.05, 4.69) is 5.32 Å². The van der Waals surface area contributed by atoms with Crippen molar-refractivity contribution in [1.82, 2.24) is 5.32 Å². The van der Waals surface area contributed by atoms with Gasteiger partial charge in [-0.05, 0) is 49.9 Å². The van der Waals surface area contributed by atoms with E-state index in [0.29, 0.717) is 35.5 Å². The van der Waals surface area contributed by atoms with Crippen molar-refractivity contribution in [3.8, 4) is 11.5 Å². The molecule has 2 aliphatic rings. The van der Waals surface area contributed by atoms with Gasteiger partial charge >= 0.3 is 0 Å². The van der Waals surface area contributed by atoms with E-state index < -0.39 is 9.84 Å². The Morgan fingerprint density at radius 2 is 1.76 bits per heavy atom. The van der Waals surface area contributed by atoms with Gasteiger partial charge in [0.25, 0.3) is 0 Å². The summed E-state index contributed by atoms with van der Waals surface area (Å²) in [4.78, 5) is 0.380. The van der Waals surface area contributed by atoms with Crippen LogP contribution in [0.4, 0.5) is 0 Å². The van der Waals surface area contributed by atoms with Gasteiger partial charge in [0.2, 0.25) is 0 Å². The van der Waals surface area contributed by atoms with Crippen molar-refractivity contribution in [2.24, 2.45) is 5.92 Å². The molecule has 0 saturated carbocycles. The maximum Gasteiger partial charge on any atom is 0.175 e. The first-order chi connectivity index (χ1) is 10.0. The van der Waals surface area contributed by atoms with Crippen LogP contribution in [0.5, 0.6) is 11.5 Å². The zero-order valence-electron chi connectivity index (χ0n) is 12.2. The third-order valence-electron chi connectivity index (χ3n) is 4.09. The number of benzene rings is 1. The molecule has 0 spiro atoms. The van der Waals surface area contributed by atoms with Crippen molar-refractivity contribution in [3.05, 3.63) is 17.7 Å². The topological polar surface area (TPSA) is 64.6 Å². The second-order valence-corrected chi connectivity index (χ2v) is 7.76. The van der Waals surface area contributed by atoms with E-state index in [9.17, 15) is 8.42 Å². The molecule has 1 fully saturated rings. The fourth-order valence-electron chi connectivity index (χ4n) is 3.01. The van der Waals surface area contributed by atoms with Gasteiger partial charge in [-0.1, -0.05) is 0 Å². The van der Waals surface area contributed by atoms with Crippen molar-refractivity contribution in [1.29, 1.82) is 0 Å². The summed E-state index contributed by atoms with van der Waals surface area (Å²) in [6.45, 7) is 2.98. The van der Waals surface area contributed by atoms with Gasteiger partial charge < -0.3 is 14.8 Å². The van der Waals surface area contributed by atoms with Gasteiger partial charge in [-0.25, -0.2) is 8.42 Å². The molecule has 2 aliphatic heterocycles. The summed E-state index contributed by atoms with van der Waals surface area (Å²) >= 11 is 0. The van der Waals surface area contributed by atoms with Gasteiger partial charge in [0.05, 0.1) is 4.90 Å². The fraction of sp³-hybridized carbons (Fsp3) is 0.600. The number of sulfone groups is 1. The van der Waals surface area contributed by atoms with E-state index in [4.69, 9.17) is 9.47 Å². The van der Waals surface area contributed by atoms with Gasteiger partial charge in [0, 0.05) is 12.3 Å². The largest absolute Gasteiger partial charge is 0.486 e. The standard InChI is InChI=1S/C15H21NO4S/c1-21(17,18)15-10-14-13(19-6-7-20-14)9-12(15)8-11-2-4-16-5-3-11/h9-11,16H,2-8H2,1H3. The minimum absolute atomic E-state index is 0.380. The monoisotopic (exact) mass is 311 g/mol. The minimum atomic E-state index is -3.27. The normalized spacial score (nSPS) is 19.5. The highest BCUT2D eigenvalue weighted by molar-refractivity contribution is 7.90. The van der Waals surface area contributed by atoms with Gasteiger partial charge in [-0.15, -0.1) is 0 Å². The molecule has 5 nitrogen and oxygen atoms in total. The zero-order chi connectivity index (χ0) is 14.9. The highest BCUT2D eigenvalue weighted by atomic mass is 32.2. The number of fused-ring (bicyclic) bond motifs is 1. The van der Waals surface area contributed by atoms with Crippen molar-refractivity contribution in [3.63, 3.8) is 0 Å².